The normalized spacial score (nSPS) is 12.2. The van der Waals surface area contributed by atoms with Crippen molar-refractivity contribution in [2.45, 2.75) is 32.9 Å². The molecule has 1 atom stereocenters. The number of rotatable bonds is 5. The summed E-state index contributed by atoms with van der Waals surface area (Å²) in [5.41, 5.74) is 9.91. The van der Waals surface area contributed by atoms with Crippen LogP contribution >= 0.6 is 0 Å². The van der Waals surface area contributed by atoms with Crippen LogP contribution < -0.4 is 10.6 Å². The summed E-state index contributed by atoms with van der Waals surface area (Å²) >= 11 is 0. The second kappa shape index (κ2) is 6.72. The van der Waals surface area contributed by atoms with E-state index in [9.17, 15) is 4.39 Å². The van der Waals surface area contributed by atoms with E-state index in [-0.39, 0.29) is 11.9 Å². The van der Waals surface area contributed by atoms with E-state index in [1.54, 1.807) is 6.07 Å². The highest BCUT2D eigenvalue weighted by atomic mass is 19.1. The monoisotopic (exact) mass is 286 g/mol. The SMILES string of the molecule is Cc1ccccc1CN(C)c1c(F)cccc1CC(C)N. The Bertz CT molecular complexity index is 608. The minimum atomic E-state index is -0.191. The first-order valence-electron chi connectivity index (χ1n) is 7.27. The Morgan fingerprint density at radius 3 is 2.43 bits per heavy atom. The quantitative estimate of drug-likeness (QED) is 0.909. The first-order valence-corrected chi connectivity index (χ1v) is 7.27. The second-order valence-corrected chi connectivity index (χ2v) is 5.71. The zero-order valence-electron chi connectivity index (χ0n) is 12.9. The molecule has 0 aromatic heterocycles. The van der Waals surface area contributed by atoms with Gasteiger partial charge in [-0.2, -0.15) is 0 Å². The van der Waals surface area contributed by atoms with Gasteiger partial charge < -0.3 is 10.6 Å². The number of nitrogens with zero attached hydrogens (tertiary/aromatic N) is 1. The van der Waals surface area contributed by atoms with Crippen LogP contribution in [0.4, 0.5) is 10.1 Å². The van der Waals surface area contributed by atoms with E-state index in [1.165, 1.54) is 17.2 Å². The maximum absolute atomic E-state index is 14.3. The summed E-state index contributed by atoms with van der Waals surface area (Å²) in [4.78, 5) is 1.97. The van der Waals surface area contributed by atoms with Crippen molar-refractivity contribution in [3.05, 3.63) is 65.0 Å². The third-order valence-corrected chi connectivity index (χ3v) is 3.66. The van der Waals surface area contributed by atoms with Gasteiger partial charge in [0.15, 0.2) is 0 Å². The van der Waals surface area contributed by atoms with Gasteiger partial charge in [0, 0.05) is 19.6 Å². The molecule has 0 radical (unpaired) electrons. The number of hydrogen-bond donors (Lipinski definition) is 1. The van der Waals surface area contributed by atoms with Gasteiger partial charge in [-0.15, -0.1) is 0 Å². The average Bonchev–Trinajstić information content (AvgIpc) is 2.40. The molecule has 0 aliphatic carbocycles. The number of para-hydroxylation sites is 1. The summed E-state index contributed by atoms with van der Waals surface area (Å²) in [6, 6.07) is 13.4. The summed E-state index contributed by atoms with van der Waals surface area (Å²) in [5.74, 6) is -0.191. The molecule has 0 fully saturated rings. The molecule has 112 valence electrons. The number of aryl methyl sites for hydroxylation is 1. The smallest absolute Gasteiger partial charge is 0.146 e. The molecular weight excluding hydrogens is 263 g/mol. The summed E-state index contributed by atoms with van der Waals surface area (Å²) in [7, 11) is 1.93. The van der Waals surface area contributed by atoms with E-state index in [1.807, 2.05) is 37.1 Å². The molecule has 0 aliphatic rings. The molecule has 2 nitrogen and oxygen atoms in total. The van der Waals surface area contributed by atoms with Crippen LogP contribution in [0.5, 0.6) is 0 Å². The third-order valence-electron chi connectivity index (χ3n) is 3.66. The molecule has 21 heavy (non-hydrogen) atoms. The largest absolute Gasteiger partial charge is 0.368 e. The lowest BCUT2D eigenvalue weighted by atomic mass is 10.0. The molecule has 0 heterocycles. The van der Waals surface area contributed by atoms with Gasteiger partial charge in [-0.25, -0.2) is 4.39 Å². The van der Waals surface area contributed by atoms with Crippen LogP contribution in [0.15, 0.2) is 42.5 Å². The Hall–Kier alpha value is -1.87. The Morgan fingerprint density at radius 1 is 1.10 bits per heavy atom. The van der Waals surface area contributed by atoms with Crippen molar-refractivity contribution in [3.8, 4) is 0 Å². The van der Waals surface area contributed by atoms with Crippen LogP contribution in [-0.2, 0) is 13.0 Å². The first-order chi connectivity index (χ1) is 9.99. The fourth-order valence-corrected chi connectivity index (χ4v) is 2.62. The minimum Gasteiger partial charge on any atom is -0.368 e. The standard InChI is InChI=1S/C18H23FN2/c1-13-7-4-5-8-16(13)12-21(3)18-15(11-14(2)20)9-6-10-17(18)19/h4-10,14H,11-12,20H2,1-3H3. The van der Waals surface area contributed by atoms with Crippen molar-refractivity contribution in [2.75, 3.05) is 11.9 Å². The van der Waals surface area contributed by atoms with Gasteiger partial charge in [-0.05, 0) is 43.0 Å². The van der Waals surface area contributed by atoms with Crippen LogP contribution in [0, 0.1) is 12.7 Å². The highest BCUT2D eigenvalue weighted by molar-refractivity contribution is 5.55. The van der Waals surface area contributed by atoms with Gasteiger partial charge in [0.25, 0.3) is 0 Å². The molecule has 2 aromatic carbocycles. The fraction of sp³-hybridized carbons (Fsp3) is 0.333. The molecule has 3 heteroatoms. The number of hydrogen-bond acceptors (Lipinski definition) is 2. The predicted octanol–water partition coefficient (Wildman–Crippen LogP) is 3.66. The van der Waals surface area contributed by atoms with Crippen molar-refractivity contribution in [1.29, 1.82) is 0 Å². The van der Waals surface area contributed by atoms with Crippen LogP contribution in [0.25, 0.3) is 0 Å². The third kappa shape index (κ3) is 3.82. The second-order valence-electron chi connectivity index (χ2n) is 5.71. The van der Waals surface area contributed by atoms with Gasteiger partial charge in [0.1, 0.15) is 5.82 Å². The Balaban J connectivity index is 2.30. The lowest BCUT2D eigenvalue weighted by molar-refractivity contribution is 0.616. The Kier molecular flexibility index (Phi) is 4.97. The van der Waals surface area contributed by atoms with Gasteiger partial charge in [0.2, 0.25) is 0 Å². The first kappa shape index (κ1) is 15.5. The van der Waals surface area contributed by atoms with Crippen molar-refractivity contribution in [2.24, 2.45) is 5.73 Å². The van der Waals surface area contributed by atoms with Crippen LogP contribution in [-0.4, -0.2) is 13.1 Å². The molecule has 0 bridgehead atoms. The fourth-order valence-electron chi connectivity index (χ4n) is 2.62. The zero-order chi connectivity index (χ0) is 15.4. The molecule has 1 unspecified atom stereocenters. The van der Waals surface area contributed by atoms with E-state index in [0.717, 1.165) is 5.56 Å². The molecule has 2 N–H and O–H groups in total. The van der Waals surface area contributed by atoms with Gasteiger partial charge in [-0.3, -0.25) is 0 Å². The van der Waals surface area contributed by atoms with E-state index >= 15 is 0 Å². The minimum absolute atomic E-state index is 0.0115. The highest BCUT2D eigenvalue weighted by Gasteiger charge is 2.14. The molecule has 0 spiro atoms. The topological polar surface area (TPSA) is 29.3 Å². The van der Waals surface area contributed by atoms with E-state index in [2.05, 4.69) is 19.1 Å². The summed E-state index contributed by atoms with van der Waals surface area (Å²) in [6.45, 7) is 4.70. The lowest BCUT2D eigenvalue weighted by Gasteiger charge is -2.24. The maximum atomic E-state index is 14.3. The van der Waals surface area contributed by atoms with Crippen molar-refractivity contribution >= 4 is 5.69 Å². The van der Waals surface area contributed by atoms with Crippen LogP contribution in [0.1, 0.15) is 23.6 Å². The molecular formula is C18H23FN2. The summed E-state index contributed by atoms with van der Waals surface area (Å²) < 4.78 is 14.3. The number of halogens is 1. The van der Waals surface area contributed by atoms with Crippen LogP contribution in [0.3, 0.4) is 0 Å². The zero-order valence-corrected chi connectivity index (χ0v) is 12.9. The Labute approximate surface area is 126 Å². The molecule has 2 aromatic rings. The Morgan fingerprint density at radius 2 is 1.76 bits per heavy atom. The van der Waals surface area contributed by atoms with Crippen molar-refractivity contribution in [3.63, 3.8) is 0 Å². The summed E-state index contributed by atoms with van der Waals surface area (Å²) in [5, 5.41) is 0. The summed E-state index contributed by atoms with van der Waals surface area (Å²) in [6.07, 6.45) is 0.672. The molecule has 2 rings (SSSR count). The lowest BCUT2D eigenvalue weighted by Crippen LogP contribution is -2.23. The van der Waals surface area contributed by atoms with Gasteiger partial charge in [0.05, 0.1) is 5.69 Å². The number of nitrogens with two attached hydrogens (primary N) is 1. The predicted molar refractivity (Wildman–Crippen MR) is 87.0 cm³/mol. The van der Waals surface area contributed by atoms with E-state index < -0.39 is 0 Å². The highest BCUT2D eigenvalue weighted by Crippen LogP contribution is 2.26. The number of anilines is 1. The van der Waals surface area contributed by atoms with Crippen LogP contribution in [0.2, 0.25) is 0 Å². The molecule has 0 aliphatic heterocycles. The van der Waals surface area contributed by atoms with Crippen molar-refractivity contribution in [1.82, 2.24) is 0 Å². The van der Waals surface area contributed by atoms with E-state index in [0.29, 0.717) is 18.7 Å². The molecule has 0 saturated heterocycles. The van der Waals surface area contributed by atoms with Crippen molar-refractivity contribution < 1.29 is 4.39 Å². The number of benzene rings is 2. The average molecular weight is 286 g/mol. The van der Waals surface area contributed by atoms with Gasteiger partial charge in [-0.1, -0.05) is 36.4 Å². The maximum Gasteiger partial charge on any atom is 0.146 e. The van der Waals surface area contributed by atoms with E-state index in [4.69, 9.17) is 5.73 Å². The molecule has 0 saturated carbocycles. The van der Waals surface area contributed by atoms with Gasteiger partial charge >= 0.3 is 0 Å². The molecule has 0 amide bonds.